The second-order valence-electron chi connectivity index (χ2n) is 1.82. The second kappa shape index (κ2) is 4.10. The molecule has 0 atom stereocenters. The van der Waals surface area contributed by atoms with E-state index in [9.17, 15) is 0 Å². The third-order valence-electron chi connectivity index (χ3n) is 1.24. The van der Waals surface area contributed by atoms with E-state index in [1.807, 2.05) is 23.7 Å². The average molecular weight is 182 g/mol. The number of thiazole rings is 1. The highest BCUT2D eigenvalue weighted by molar-refractivity contribution is 7.45. The van der Waals surface area contributed by atoms with Gasteiger partial charge in [-0.05, 0) is 12.1 Å². The average Bonchev–Trinajstić information content (AvgIpc) is 2.55. The number of hydrogen-bond donors (Lipinski definition) is 1. The van der Waals surface area contributed by atoms with Gasteiger partial charge in [0.2, 0.25) is 0 Å². The van der Waals surface area contributed by atoms with Gasteiger partial charge in [0.1, 0.15) is 0 Å². The van der Waals surface area contributed by atoms with Crippen LogP contribution >= 0.6 is 11.3 Å². The lowest BCUT2D eigenvalue weighted by Crippen LogP contribution is -1.61. The lowest BCUT2D eigenvalue weighted by atomic mass is 10.3. The van der Waals surface area contributed by atoms with E-state index in [1.54, 1.807) is 11.3 Å². The maximum absolute atomic E-state index is 5.33. The molecule has 4 heteroatoms. The standard InChI is InChI=1S/C7H5NS.HNS/c1-2-4-7-6(3-1)8-5-9-7;1-2/h1-5H;1H. The Morgan fingerprint density at radius 1 is 1.27 bits per heavy atom. The zero-order valence-electron chi connectivity index (χ0n) is 5.65. The molecular formula is C7H6N2S2. The molecule has 2 nitrogen and oxygen atoms in total. The fourth-order valence-corrected chi connectivity index (χ4v) is 1.48. The third kappa shape index (κ3) is 1.78. The van der Waals surface area contributed by atoms with Gasteiger partial charge in [-0.2, -0.15) is 0 Å². The number of benzene rings is 1. The summed E-state index contributed by atoms with van der Waals surface area (Å²) in [6, 6.07) is 8.13. The monoisotopic (exact) mass is 182 g/mol. The van der Waals surface area contributed by atoms with Crippen molar-refractivity contribution in [3.8, 4) is 0 Å². The van der Waals surface area contributed by atoms with E-state index < -0.39 is 0 Å². The number of para-hydroxylation sites is 1. The van der Waals surface area contributed by atoms with Crippen molar-refractivity contribution in [2.45, 2.75) is 0 Å². The molecule has 0 saturated carbocycles. The predicted octanol–water partition coefficient (Wildman–Crippen LogP) is 2.59. The predicted molar refractivity (Wildman–Crippen MR) is 49.7 cm³/mol. The lowest BCUT2D eigenvalue weighted by molar-refractivity contribution is 1.50. The van der Waals surface area contributed by atoms with Crippen molar-refractivity contribution in [1.29, 1.82) is 4.78 Å². The van der Waals surface area contributed by atoms with Crippen molar-refractivity contribution in [3.63, 3.8) is 0 Å². The Hall–Kier alpha value is -0.870. The number of nitrogens with zero attached hydrogens (tertiary/aromatic N) is 1. The highest BCUT2D eigenvalue weighted by atomic mass is 32.1. The van der Waals surface area contributed by atoms with Gasteiger partial charge in [-0.3, -0.25) is 0 Å². The van der Waals surface area contributed by atoms with Crippen LogP contribution in [0.3, 0.4) is 0 Å². The van der Waals surface area contributed by atoms with E-state index in [-0.39, 0.29) is 0 Å². The number of aromatic nitrogens is 1. The van der Waals surface area contributed by atoms with Gasteiger partial charge < -0.3 is 0 Å². The maximum atomic E-state index is 5.33. The highest BCUT2D eigenvalue weighted by Crippen LogP contribution is 2.15. The molecular weight excluding hydrogens is 176 g/mol. The zero-order valence-corrected chi connectivity index (χ0v) is 7.28. The molecule has 0 saturated heterocycles. The van der Waals surface area contributed by atoms with E-state index in [4.69, 9.17) is 4.78 Å². The Morgan fingerprint density at radius 2 is 2.00 bits per heavy atom. The van der Waals surface area contributed by atoms with Crippen molar-refractivity contribution in [2.24, 2.45) is 0 Å². The molecule has 1 heterocycles. The molecule has 0 amide bonds. The van der Waals surface area contributed by atoms with Crippen LogP contribution < -0.4 is 0 Å². The fraction of sp³-hybridized carbons (Fsp3) is 0. The van der Waals surface area contributed by atoms with Gasteiger partial charge in [-0.25, -0.2) is 9.76 Å². The van der Waals surface area contributed by atoms with Crippen LogP contribution in [0.2, 0.25) is 0 Å². The van der Waals surface area contributed by atoms with E-state index in [2.05, 4.69) is 23.5 Å². The smallest absolute Gasteiger partial charge is 0.0812 e. The van der Waals surface area contributed by atoms with Gasteiger partial charge in [0.05, 0.1) is 15.7 Å². The molecule has 2 aromatic rings. The lowest BCUT2D eigenvalue weighted by Gasteiger charge is -1.80. The van der Waals surface area contributed by atoms with E-state index in [0.717, 1.165) is 5.52 Å². The molecule has 2 rings (SSSR count). The van der Waals surface area contributed by atoms with Crippen molar-refractivity contribution in [3.05, 3.63) is 29.8 Å². The van der Waals surface area contributed by atoms with Crippen LogP contribution in [-0.4, -0.2) is 4.98 Å². The van der Waals surface area contributed by atoms with Crippen molar-refractivity contribution in [1.82, 2.24) is 4.98 Å². The summed E-state index contributed by atoms with van der Waals surface area (Å²) in [5, 5.41) is 0. The van der Waals surface area contributed by atoms with Crippen LogP contribution in [0.1, 0.15) is 0 Å². The summed E-state index contributed by atoms with van der Waals surface area (Å²) in [6.45, 7) is 0. The SMILES string of the molecule is N=S.c1ccc2scnc2c1. The Kier molecular flexibility index (Phi) is 3.07. The summed E-state index contributed by atoms with van der Waals surface area (Å²) >= 11 is 5.01. The van der Waals surface area contributed by atoms with Crippen molar-refractivity contribution >= 4 is 34.0 Å². The molecule has 0 aliphatic rings. The largest absolute Gasteiger partial charge is 0.245 e. The van der Waals surface area contributed by atoms with Crippen LogP contribution in [0.25, 0.3) is 10.2 Å². The molecule has 0 bridgehead atoms. The first kappa shape index (κ1) is 8.23. The van der Waals surface area contributed by atoms with Gasteiger partial charge >= 0.3 is 0 Å². The minimum absolute atomic E-state index is 1.10. The first-order valence-corrected chi connectivity index (χ1v) is 4.24. The minimum Gasteiger partial charge on any atom is -0.245 e. The number of fused-ring (bicyclic) bond motifs is 1. The highest BCUT2D eigenvalue weighted by Gasteiger charge is 1.89. The first-order chi connectivity index (χ1) is 5.47. The molecule has 1 N–H and O–H groups in total. The Morgan fingerprint density at radius 3 is 2.73 bits per heavy atom. The Bertz CT molecular complexity index is 301. The maximum Gasteiger partial charge on any atom is 0.0812 e. The second-order valence-corrected chi connectivity index (χ2v) is 2.71. The number of rotatable bonds is 0. The molecule has 0 aliphatic carbocycles. The van der Waals surface area contributed by atoms with Crippen LogP contribution in [0, 0.1) is 4.78 Å². The Labute approximate surface area is 73.9 Å². The zero-order chi connectivity index (χ0) is 8.10. The molecule has 1 aromatic carbocycles. The van der Waals surface area contributed by atoms with Gasteiger partial charge in [0.15, 0.2) is 0 Å². The summed E-state index contributed by atoms with van der Waals surface area (Å²) in [6.07, 6.45) is 0. The normalized spacial score (nSPS) is 8.73. The van der Waals surface area contributed by atoms with Gasteiger partial charge in [-0.1, -0.05) is 12.1 Å². The molecule has 1 aromatic heterocycles. The van der Waals surface area contributed by atoms with Crippen molar-refractivity contribution in [2.75, 3.05) is 0 Å². The summed E-state index contributed by atoms with van der Waals surface area (Å²) in [4.78, 5) is 4.14. The summed E-state index contributed by atoms with van der Waals surface area (Å²) in [5.41, 5.74) is 2.97. The van der Waals surface area contributed by atoms with E-state index in [0.29, 0.717) is 0 Å². The topological polar surface area (TPSA) is 36.7 Å². The summed E-state index contributed by atoms with van der Waals surface area (Å²) in [7, 11) is 0. The Balaban J connectivity index is 0.000000281. The van der Waals surface area contributed by atoms with Crippen LogP contribution in [0.4, 0.5) is 0 Å². The molecule has 0 fully saturated rings. The molecule has 0 radical (unpaired) electrons. The molecule has 0 aliphatic heterocycles. The molecule has 56 valence electrons. The first-order valence-electron chi connectivity index (χ1n) is 2.95. The molecule has 0 spiro atoms. The van der Waals surface area contributed by atoms with Gasteiger partial charge in [-0.15, -0.1) is 11.3 Å². The van der Waals surface area contributed by atoms with Gasteiger partial charge in [0.25, 0.3) is 0 Å². The van der Waals surface area contributed by atoms with Crippen LogP contribution in [-0.2, 0) is 12.4 Å². The molecule has 11 heavy (non-hydrogen) atoms. The quantitative estimate of drug-likeness (QED) is 0.680. The number of nitrogens with one attached hydrogen (secondary N) is 1. The van der Waals surface area contributed by atoms with Crippen molar-refractivity contribution < 1.29 is 0 Å². The minimum atomic E-state index is 1.10. The fourth-order valence-electron chi connectivity index (χ4n) is 0.803. The van der Waals surface area contributed by atoms with Crippen LogP contribution in [0.5, 0.6) is 0 Å². The molecule has 0 unspecified atom stereocenters. The van der Waals surface area contributed by atoms with E-state index in [1.165, 1.54) is 4.70 Å². The number of hydrogen-bond acceptors (Lipinski definition) is 4. The summed E-state index contributed by atoms with van der Waals surface area (Å²) in [5.74, 6) is 0. The van der Waals surface area contributed by atoms with Gasteiger partial charge in [0, 0.05) is 12.4 Å². The van der Waals surface area contributed by atoms with E-state index >= 15 is 0 Å². The third-order valence-corrected chi connectivity index (χ3v) is 2.05. The summed E-state index contributed by atoms with van der Waals surface area (Å²) < 4.78 is 6.59. The van der Waals surface area contributed by atoms with Crippen LogP contribution in [0.15, 0.2) is 29.8 Å².